The smallest absolute Gasteiger partial charge is 0.234 e. The second-order valence-electron chi connectivity index (χ2n) is 3.09. The fourth-order valence-electron chi connectivity index (χ4n) is 0.994. The topological polar surface area (TPSA) is 50.4 Å². The molecule has 0 aromatic heterocycles. The molecule has 0 spiro atoms. The van der Waals surface area contributed by atoms with Gasteiger partial charge in [0.1, 0.15) is 0 Å². The molecule has 0 saturated carbocycles. The van der Waals surface area contributed by atoms with E-state index in [1.807, 2.05) is 13.2 Å². The Hall–Kier alpha value is -0.260. The molecule has 1 amide bonds. The Morgan fingerprint density at radius 1 is 1.57 bits per heavy atom. The van der Waals surface area contributed by atoms with Crippen LogP contribution >= 0.6 is 11.8 Å². The third-order valence-corrected chi connectivity index (χ3v) is 2.43. The highest BCUT2D eigenvalue weighted by atomic mass is 32.2. The molecule has 0 aromatic carbocycles. The van der Waals surface area contributed by atoms with Gasteiger partial charge in [0.25, 0.3) is 0 Å². The van der Waals surface area contributed by atoms with Crippen LogP contribution in [0.25, 0.3) is 0 Å². The van der Waals surface area contributed by atoms with E-state index in [-0.39, 0.29) is 11.9 Å². The molecule has 0 aromatic rings. The van der Waals surface area contributed by atoms with Crippen molar-refractivity contribution in [3.8, 4) is 0 Å². The highest BCUT2D eigenvalue weighted by Crippen LogP contribution is 1.95. The SMILES string of the molecule is COCCNCC(=O)NC(C)CSC. The van der Waals surface area contributed by atoms with E-state index >= 15 is 0 Å². The molecule has 0 bridgehead atoms. The molecule has 84 valence electrons. The van der Waals surface area contributed by atoms with Crippen LogP contribution in [0.4, 0.5) is 0 Å². The molecule has 2 N–H and O–H groups in total. The normalized spacial score (nSPS) is 12.5. The molecule has 0 fully saturated rings. The number of rotatable bonds is 8. The summed E-state index contributed by atoms with van der Waals surface area (Å²) >= 11 is 1.73. The molecular weight excluding hydrogens is 200 g/mol. The van der Waals surface area contributed by atoms with Gasteiger partial charge < -0.3 is 15.4 Å². The van der Waals surface area contributed by atoms with E-state index in [1.54, 1.807) is 18.9 Å². The molecule has 14 heavy (non-hydrogen) atoms. The number of hydrogen-bond acceptors (Lipinski definition) is 4. The summed E-state index contributed by atoms with van der Waals surface area (Å²) in [5.41, 5.74) is 0. The Morgan fingerprint density at radius 3 is 2.86 bits per heavy atom. The van der Waals surface area contributed by atoms with Crippen LogP contribution in [-0.4, -0.2) is 50.8 Å². The number of methoxy groups -OCH3 is 1. The molecule has 0 aliphatic rings. The summed E-state index contributed by atoms with van der Waals surface area (Å²) in [6, 6.07) is 0.238. The van der Waals surface area contributed by atoms with Crippen molar-refractivity contribution in [1.29, 1.82) is 0 Å². The first kappa shape index (κ1) is 13.7. The maximum Gasteiger partial charge on any atom is 0.234 e. The lowest BCUT2D eigenvalue weighted by Gasteiger charge is -2.12. The summed E-state index contributed by atoms with van der Waals surface area (Å²) in [6.45, 7) is 3.71. The van der Waals surface area contributed by atoms with Crippen molar-refractivity contribution in [2.45, 2.75) is 13.0 Å². The van der Waals surface area contributed by atoms with Crippen molar-refractivity contribution in [2.75, 3.05) is 38.8 Å². The number of thioether (sulfide) groups is 1. The van der Waals surface area contributed by atoms with E-state index < -0.39 is 0 Å². The fraction of sp³-hybridized carbons (Fsp3) is 0.889. The third kappa shape index (κ3) is 8.34. The van der Waals surface area contributed by atoms with Gasteiger partial charge >= 0.3 is 0 Å². The van der Waals surface area contributed by atoms with Gasteiger partial charge in [0, 0.05) is 25.4 Å². The number of hydrogen-bond donors (Lipinski definition) is 2. The van der Waals surface area contributed by atoms with Gasteiger partial charge in [-0.05, 0) is 13.2 Å². The first-order valence-corrected chi connectivity index (χ1v) is 6.08. The number of carbonyl (C=O) groups is 1. The van der Waals surface area contributed by atoms with E-state index in [1.165, 1.54) is 0 Å². The Bertz CT molecular complexity index is 156. The fourth-order valence-corrected chi connectivity index (χ4v) is 1.58. The van der Waals surface area contributed by atoms with E-state index in [0.29, 0.717) is 19.7 Å². The van der Waals surface area contributed by atoms with Crippen molar-refractivity contribution in [3.05, 3.63) is 0 Å². The molecular formula is C9H20N2O2S. The van der Waals surface area contributed by atoms with Crippen LogP contribution in [0, 0.1) is 0 Å². The number of amides is 1. The minimum absolute atomic E-state index is 0.0441. The predicted molar refractivity (Wildman–Crippen MR) is 60.7 cm³/mol. The molecule has 0 aliphatic carbocycles. The summed E-state index contributed by atoms with van der Waals surface area (Å²) < 4.78 is 4.85. The molecule has 4 nitrogen and oxygen atoms in total. The van der Waals surface area contributed by atoms with Gasteiger partial charge in [-0.1, -0.05) is 0 Å². The Balaban J connectivity index is 3.35. The highest BCUT2D eigenvalue weighted by Gasteiger charge is 2.05. The van der Waals surface area contributed by atoms with Gasteiger partial charge in [-0.2, -0.15) is 11.8 Å². The molecule has 0 radical (unpaired) electrons. The zero-order valence-corrected chi connectivity index (χ0v) is 9.95. The number of nitrogens with one attached hydrogen (secondary N) is 2. The lowest BCUT2D eigenvalue weighted by Crippen LogP contribution is -2.40. The molecule has 0 heterocycles. The summed E-state index contributed by atoms with van der Waals surface area (Å²) in [5, 5.41) is 5.88. The van der Waals surface area contributed by atoms with Gasteiger partial charge in [-0.15, -0.1) is 0 Å². The summed E-state index contributed by atoms with van der Waals surface area (Å²) in [7, 11) is 1.64. The third-order valence-electron chi connectivity index (χ3n) is 1.59. The maximum absolute atomic E-state index is 11.3. The molecule has 1 atom stereocenters. The van der Waals surface area contributed by atoms with Crippen LogP contribution < -0.4 is 10.6 Å². The summed E-state index contributed by atoms with van der Waals surface area (Å²) in [5.74, 6) is 0.992. The molecule has 5 heteroatoms. The van der Waals surface area contributed by atoms with Crippen LogP contribution in [0.15, 0.2) is 0 Å². The van der Waals surface area contributed by atoms with Gasteiger partial charge in [-0.3, -0.25) is 4.79 Å². The van der Waals surface area contributed by atoms with Crippen LogP contribution in [0.2, 0.25) is 0 Å². The molecule has 1 unspecified atom stereocenters. The monoisotopic (exact) mass is 220 g/mol. The Morgan fingerprint density at radius 2 is 2.29 bits per heavy atom. The number of ether oxygens (including phenoxy) is 1. The minimum Gasteiger partial charge on any atom is -0.383 e. The lowest BCUT2D eigenvalue weighted by molar-refractivity contribution is -0.120. The lowest BCUT2D eigenvalue weighted by atomic mass is 10.4. The maximum atomic E-state index is 11.3. The van der Waals surface area contributed by atoms with Crippen LogP contribution in [0.3, 0.4) is 0 Å². The average molecular weight is 220 g/mol. The van der Waals surface area contributed by atoms with Crippen molar-refractivity contribution in [2.24, 2.45) is 0 Å². The Kier molecular flexibility index (Phi) is 9.13. The Labute approximate surface area is 90.2 Å². The van der Waals surface area contributed by atoms with Gasteiger partial charge in [0.05, 0.1) is 13.2 Å². The first-order chi connectivity index (χ1) is 6.70. The van der Waals surface area contributed by atoms with Gasteiger partial charge in [0.15, 0.2) is 0 Å². The van der Waals surface area contributed by atoms with Gasteiger partial charge in [-0.25, -0.2) is 0 Å². The van der Waals surface area contributed by atoms with E-state index in [2.05, 4.69) is 10.6 Å². The quantitative estimate of drug-likeness (QED) is 0.569. The van der Waals surface area contributed by atoms with E-state index in [4.69, 9.17) is 4.74 Å². The average Bonchev–Trinajstić information content (AvgIpc) is 2.13. The second-order valence-corrected chi connectivity index (χ2v) is 4.00. The molecule has 0 saturated heterocycles. The number of carbonyl (C=O) groups excluding carboxylic acids is 1. The van der Waals surface area contributed by atoms with Crippen molar-refractivity contribution in [1.82, 2.24) is 10.6 Å². The largest absolute Gasteiger partial charge is 0.383 e. The minimum atomic E-state index is 0.0441. The zero-order chi connectivity index (χ0) is 10.8. The zero-order valence-electron chi connectivity index (χ0n) is 9.13. The standard InChI is InChI=1S/C9H20N2O2S/c1-8(7-14-3)11-9(12)6-10-4-5-13-2/h8,10H,4-7H2,1-3H3,(H,11,12). The first-order valence-electron chi connectivity index (χ1n) is 4.68. The highest BCUT2D eigenvalue weighted by molar-refractivity contribution is 7.98. The molecule has 0 rings (SSSR count). The summed E-state index contributed by atoms with van der Waals surface area (Å²) in [4.78, 5) is 11.3. The van der Waals surface area contributed by atoms with Crippen LogP contribution in [0.5, 0.6) is 0 Å². The van der Waals surface area contributed by atoms with E-state index in [0.717, 1.165) is 5.75 Å². The summed E-state index contributed by atoms with van der Waals surface area (Å²) in [6.07, 6.45) is 2.03. The van der Waals surface area contributed by atoms with Crippen LogP contribution in [0.1, 0.15) is 6.92 Å². The van der Waals surface area contributed by atoms with Crippen molar-refractivity contribution >= 4 is 17.7 Å². The van der Waals surface area contributed by atoms with Gasteiger partial charge in [0.2, 0.25) is 5.91 Å². The van der Waals surface area contributed by atoms with Crippen molar-refractivity contribution in [3.63, 3.8) is 0 Å². The van der Waals surface area contributed by atoms with Crippen molar-refractivity contribution < 1.29 is 9.53 Å². The van der Waals surface area contributed by atoms with E-state index in [9.17, 15) is 4.79 Å². The molecule has 0 aliphatic heterocycles. The van der Waals surface area contributed by atoms with Crippen LogP contribution in [-0.2, 0) is 9.53 Å². The second kappa shape index (κ2) is 9.30. The predicted octanol–water partition coefficient (Wildman–Crippen LogP) is 0.0901.